The van der Waals surface area contributed by atoms with E-state index in [-0.39, 0.29) is 10.8 Å². The summed E-state index contributed by atoms with van der Waals surface area (Å²) in [5.41, 5.74) is 0.533. The summed E-state index contributed by atoms with van der Waals surface area (Å²) < 4.78 is 26.7. The van der Waals surface area contributed by atoms with Crippen LogP contribution in [0.25, 0.3) is 0 Å². The molecular formula is C17H26N4O3S. The average Bonchev–Trinajstić information content (AvgIpc) is 3.17. The van der Waals surface area contributed by atoms with Crippen LogP contribution in [0.2, 0.25) is 0 Å². The predicted molar refractivity (Wildman–Crippen MR) is 97.0 cm³/mol. The van der Waals surface area contributed by atoms with Gasteiger partial charge in [0.2, 0.25) is 15.9 Å². The molecule has 0 saturated carbocycles. The summed E-state index contributed by atoms with van der Waals surface area (Å²) >= 11 is 0. The van der Waals surface area contributed by atoms with E-state index < -0.39 is 10.0 Å². The van der Waals surface area contributed by atoms with Gasteiger partial charge in [-0.2, -0.15) is 4.31 Å². The fraction of sp³-hybridized carbons (Fsp3) is 0.588. The number of sulfonamides is 1. The molecule has 0 bridgehead atoms. The smallest absolute Gasteiger partial charge is 0.243 e. The number of benzene rings is 1. The number of piperazine rings is 1. The minimum absolute atomic E-state index is 0.0887. The molecule has 138 valence electrons. The van der Waals surface area contributed by atoms with Gasteiger partial charge in [-0.05, 0) is 31.0 Å². The fourth-order valence-corrected chi connectivity index (χ4v) is 4.79. The molecule has 2 heterocycles. The quantitative estimate of drug-likeness (QED) is 0.775. The van der Waals surface area contributed by atoms with Crippen LogP contribution in [0, 0.1) is 0 Å². The summed E-state index contributed by atoms with van der Waals surface area (Å²) in [6, 6.07) is 6.54. The van der Waals surface area contributed by atoms with Gasteiger partial charge >= 0.3 is 0 Å². The molecule has 25 heavy (non-hydrogen) atoms. The minimum Gasteiger partial charge on any atom is -0.326 e. The van der Waals surface area contributed by atoms with Crippen molar-refractivity contribution in [2.45, 2.75) is 24.2 Å². The van der Waals surface area contributed by atoms with Gasteiger partial charge in [0, 0.05) is 57.9 Å². The van der Waals surface area contributed by atoms with Crippen LogP contribution in [0.3, 0.4) is 0 Å². The molecule has 8 heteroatoms. The third kappa shape index (κ3) is 4.78. The van der Waals surface area contributed by atoms with Crippen LogP contribution in [-0.2, 0) is 14.8 Å². The lowest BCUT2D eigenvalue weighted by atomic mass is 10.3. The summed E-state index contributed by atoms with van der Waals surface area (Å²) in [6.07, 6.45) is 2.21. The number of amides is 1. The van der Waals surface area contributed by atoms with Crippen molar-refractivity contribution in [2.75, 3.05) is 51.1 Å². The number of carbonyl (C=O) groups is 1. The normalized spacial score (nSPS) is 19.8. The van der Waals surface area contributed by atoms with Crippen molar-refractivity contribution in [3.63, 3.8) is 0 Å². The Morgan fingerprint density at radius 3 is 2.56 bits per heavy atom. The molecule has 2 saturated heterocycles. The first-order chi connectivity index (χ1) is 12.1. The number of anilines is 1. The molecule has 0 aromatic heterocycles. The highest BCUT2D eigenvalue weighted by molar-refractivity contribution is 7.89. The predicted octanol–water partition coefficient (Wildman–Crippen LogP) is 0.705. The maximum Gasteiger partial charge on any atom is 0.243 e. The molecular weight excluding hydrogens is 340 g/mol. The summed E-state index contributed by atoms with van der Waals surface area (Å²) in [7, 11) is -3.46. The van der Waals surface area contributed by atoms with Gasteiger partial charge in [-0.1, -0.05) is 6.07 Å². The standard InChI is InChI=1S/C17H26N4O3S/c22-17(6-11-20-12-7-18-8-13-20)19-15-4-3-5-16(14-15)25(23,24)21-9-1-2-10-21/h3-5,14,18H,1-2,6-13H2,(H,19,22). The van der Waals surface area contributed by atoms with E-state index in [0.29, 0.717) is 25.2 Å². The van der Waals surface area contributed by atoms with Crippen molar-refractivity contribution in [1.82, 2.24) is 14.5 Å². The van der Waals surface area contributed by atoms with E-state index in [0.717, 1.165) is 45.6 Å². The Labute approximate surface area is 149 Å². The van der Waals surface area contributed by atoms with E-state index >= 15 is 0 Å². The van der Waals surface area contributed by atoms with E-state index in [2.05, 4.69) is 15.5 Å². The Hall–Kier alpha value is -1.48. The number of rotatable bonds is 6. The fourth-order valence-electron chi connectivity index (χ4n) is 3.23. The molecule has 2 fully saturated rings. The topological polar surface area (TPSA) is 81.8 Å². The Balaban J connectivity index is 1.58. The van der Waals surface area contributed by atoms with Crippen molar-refractivity contribution >= 4 is 21.6 Å². The first-order valence-corrected chi connectivity index (χ1v) is 10.3. The van der Waals surface area contributed by atoms with Crippen LogP contribution in [0.15, 0.2) is 29.2 Å². The largest absolute Gasteiger partial charge is 0.326 e. The highest BCUT2D eigenvalue weighted by atomic mass is 32.2. The zero-order valence-electron chi connectivity index (χ0n) is 14.4. The lowest BCUT2D eigenvalue weighted by Crippen LogP contribution is -2.44. The maximum absolute atomic E-state index is 12.6. The molecule has 7 nitrogen and oxygen atoms in total. The number of carbonyl (C=O) groups excluding carboxylic acids is 1. The van der Waals surface area contributed by atoms with Crippen LogP contribution >= 0.6 is 0 Å². The lowest BCUT2D eigenvalue weighted by molar-refractivity contribution is -0.116. The lowest BCUT2D eigenvalue weighted by Gasteiger charge is -2.26. The van der Waals surface area contributed by atoms with E-state index in [1.54, 1.807) is 24.3 Å². The van der Waals surface area contributed by atoms with Crippen molar-refractivity contribution in [1.29, 1.82) is 0 Å². The Morgan fingerprint density at radius 2 is 1.84 bits per heavy atom. The van der Waals surface area contributed by atoms with Gasteiger partial charge in [0.1, 0.15) is 0 Å². The van der Waals surface area contributed by atoms with E-state index in [4.69, 9.17) is 0 Å². The van der Waals surface area contributed by atoms with E-state index in [9.17, 15) is 13.2 Å². The van der Waals surface area contributed by atoms with Crippen LogP contribution in [0.5, 0.6) is 0 Å². The zero-order chi connectivity index (χ0) is 17.7. The molecule has 1 aromatic carbocycles. The zero-order valence-corrected chi connectivity index (χ0v) is 15.2. The molecule has 0 atom stereocenters. The molecule has 0 radical (unpaired) electrons. The second-order valence-electron chi connectivity index (χ2n) is 6.53. The number of hydrogen-bond donors (Lipinski definition) is 2. The highest BCUT2D eigenvalue weighted by Crippen LogP contribution is 2.23. The van der Waals surface area contributed by atoms with E-state index in [1.807, 2.05) is 0 Å². The van der Waals surface area contributed by atoms with Crippen LogP contribution < -0.4 is 10.6 Å². The van der Waals surface area contributed by atoms with Gasteiger partial charge in [-0.15, -0.1) is 0 Å². The minimum atomic E-state index is -3.46. The van der Waals surface area contributed by atoms with Gasteiger partial charge < -0.3 is 15.5 Å². The number of nitrogens with zero attached hydrogens (tertiary/aromatic N) is 2. The van der Waals surface area contributed by atoms with Gasteiger partial charge in [0.05, 0.1) is 4.90 Å². The van der Waals surface area contributed by atoms with Gasteiger partial charge in [0.15, 0.2) is 0 Å². The SMILES string of the molecule is O=C(CCN1CCNCC1)Nc1cccc(S(=O)(=O)N2CCCC2)c1. The van der Waals surface area contributed by atoms with Crippen molar-refractivity contribution < 1.29 is 13.2 Å². The van der Waals surface area contributed by atoms with Crippen LogP contribution in [0.4, 0.5) is 5.69 Å². The van der Waals surface area contributed by atoms with Gasteiger partial charge in [0.25, 0.3) is 0 Å². The van der Waals surface area contributed by atoms with Crippen molar-refractivity contribution in [3.05, 3.63) is 24.3 Å². The Kier molecular flexibility index (Phi) is 6.06. The van der Waals surface area contributed by atoms with Crippen LogP contribution in [0.1, 0.15) is 19.3 Å². The molecule has 0 aliphatic carbocycles. The molecule has 0 unspecified atom stereocenters. The number of nitrogens with one attached hydrogen (secondary N) is 2. The van der Waals surface area contributed by atoms with Crippen molar-refractivity contribution in [3.8, 4) is 0 Å². The summed E-state index contributed by atoms with van der Waals surface area (Å²) in [5.74, 6) is -0.0887. The third-order valence-corrected chi connectivity index (χ3v) is 6.58. The Morgan fingerprint density at radius 1 is 1.12 bits per heavy atom. The molecule has 2 N–H and O–H groups in total. The molecule has 1 aromatic rings. The first-order valence-electron chi connectivity index (χ1n) is 8.89. The van der Waals surface area contributed by atoms with Gasteiger partial charge in [-0.3, -0.25) is 4.79 Å². The second-order valence-corrected chi connectivity index (χ2v) is 8.47. The molecule has 2 aliphatic rings. The third-order valence-electron chi connectivity index (χ3n) is 4.69. The van der Waals surface area contributed by atoms with Crippen molar-refractivity contribution in [2.24, 2.45) is 0 Å². The van der Waals surface area contributed by atoms with Gasteiger partial charge in [-0.25, -0.2) is 8.42 Å². The second kappa shape index (κ2) is 8.27. The van der Waals surface area contributed by atoms with E-state index in [1.165, 1.54) is 4.31 Å². The number of hydrogen-bond acceptors (Lipinski definition) is 5. The first kappa shape index (κ1) is 18.3. The molecule has 0 spiro atoms. The molecule has 3 rings (SSSR count). The maximum atomic E-state index is 12.6. The van der Waals surface area contributed by atoms with Crippen LogP contribution in [-0.4, -0.2) is 69.3 Å². The summed E-state index contributed by atoms with van der Waals surface area (Å²) in [6.45, 7) is 5.69. The average molecular weight is 366 g/mol. The highest BCUT2D eigenvalue weighted by Gasteiger charge is 2.27. The monoisotopic (exact) mass is 366 g/mol. The molecule has 1 amide bonds. The molecule has 2 aliphatic heterocycles. The summed E-state index contributed by atoms with van der Waals surface area (Å²) in [5, 5.41) is 6.10. The Bertz CT molecular complexity index is 696. The summed E-state index contributed by atoms with van der Waals surface area (Å²) in [4.78, 5) is 14.7.